The predicted molar refractivity (Wildman–Crippen MR) is 94.5 cm³/mol. The number of carbonyl (C=O) groups is 1. The number of halogens is 1. The van der Waals surface area contributed by atoms with E-state index < -0.39 is 0 Å². The van der Waals surface area contributed by atoms with Crippen molar-refractivity contribution >= 4 is 23.2 Å². The molecule has 0 radical (unpaired) electrons. The summed E-state index contributed by atoms with van der Waals surface area (Å²) in [6.07, 6.45) is 1.98. The SMILES string of the molecule is O=C(Nc1ccccc1Cl)[C@H]1CCCN(Cc2ccccc2)C1. The lowest BCUT2D eigenvalue weighted by molar-refractivity contribution is -0.121. The second-order valence-electron chi connectivity index (χ2n) is 6.03. The maximum atomic E-state index is 12.5. The minimum absolute atomic E-state index is 0.0173. The molecule has 2 aromatic carbocycles. The van der Waals surface area contributed by atoms with E-state index in [9.17, 15) is 4.79 Å². The van der Waals surface area contributed by atoms with Crippen molar-refractivity contribution in [2.24, 2.45) is 5.92 Å². The molecule has 1 N–H and O–H groups in total. The van der Waals surface area contributed by atoms with Gasteiger partial charge in [0.15, 0.2) is 0 Å². The van der Waals surface area contributed by atoms with Crippen LogP contribution in [0.1, 0.15) is 18.4 Å². The van der Waals surface area contributed by atoms with Crippen molar-refractivity contribution < 1.29 is 4.79 Å². The molecule has 1 aliphatic rings. The van der Waals surface area contributed by atoms with E-state index in [2.05, 4.69) is 34.5 Å². The number of para-hydroxylation sites is 1. The third kappa shape index (κ3) is 4.34. The van der Waals surface area contributed by atoms with Gasteiger partial charge in [-0.05, 0) is 37.1 Å². The Balaban J connectivity index is 1.59. The maximum Gasteiger partial charge on any atom is 0.228 e. The number of piperidine rings is 1. The first-order valence-electron chi connectivity index (χ1n) is 8.04. The Morgan fingerprint density at radius 3 is 2.65 bits per heavy atom. The number of hydrogen-bond acceptors (Lipinski definition) is 2. The minimum atomic E-state index is 0.0173. The Labute approximate surface area is 142 Å². The Morgan fingerprint density at radius 2 is 1.87 bits per heavy atom. The summed E-state index contributed by atoms with van der Waals surface area (Å²) in [5.41, 5.74) is 1.99. The van der Waals surface area contributed by atoms with E-state index in [1.54, 1.807) is 6.07 Å². The molecule has 0 aliphatic carbocycles. The van der Waals surface area contributed by atoms with Gasteiger partial charge in [0, 0.05) is 13.1 Å². The third-order valence-corrected chi connectivity index (χ3v) is 4.59. The van der Waals surface area contributed by atoms with Gasteiger partial charge >= 0.3 is 0 Å². The molecule has 0 unspecified atom stereocenters. The monoisotopic (exact) mass is 328 g/mol. The van der Waals surface area contributed by atoms with Crippen LogP contribution in [-0.4, -0.2) is 23.9 Å². The number of anilines is 1. The number of amides is 1. The van der Waals surface area contributed by atoms with E-state index in [0.717, 1.165) is 32.5 Å². The van der Waals surface area contributed by atoms with Crippen LogP contribution in [0.3, 0.4) is 0 Å². The Kier molecular flexibility index (Phi) is 5.31. The number of rotatable bonds is 4. The molecule has 1 atom stereocenters. The highest BCUT2D eigenvalue weighted by Gasteiger charge is 2.26. The molecule has 1 amide bonds. The van der Waals surface area contributed by atoms with E-state index in [0.29, 0.717) is 10.7 Å². The van der Waals surface area contributed by atoms with Crippen molar-refractivity contribution in [1.82, 2.24) is 4.90 Å². The van der Waals surface area contributed by atoms with Crippen LogP contribution in [0.5, 0.6) is 0 Å². The summed E-state index contributed by atoms with van der Waals surface area (Å²) in [6.45, 7) is 2.74. The lowest BCUT2D eigenvalue weighted by Crippen LogP contribution is -2.40. The van der Waals surface area contributed by atoms with E-state index in [1.807, 2.05) is 24.3 Å². The normalized spacial score (nSPS) is 18.6. The molecule has 1 aliphatic heterocycles. The number of hydrogen-bond donors (Lipinski definition) is 1. The van der Waals surface area contributed by atoms with Gasteiger partial charge in [0.1, 0.15) is 0 Å². The average molecular weight is 329 g/mol. The topological polar surface area (TPSA) is 32.3 Å². The second kappa shape index (κ2) is 7.62. The first kappa shape index (κ1) is 16.0. The number of carbonyl (C=O) groups excluding carboxylic acids is 1. The lowest BCUT2D eigenvalue weighted by atomic mass is 9.96. The van der Waals surface area contributed by atoms with Crippen molar-refractivity contribution in [1.29, 1.82) is 0 Å². The van der Waals surface area contributed by atoms with Crippen molar-refractivity contribution in [2.75, 3.05) is 18.4 Å². The summed E-state index contributed by atoms with van der Waals surface area (Å²) in [5, 5.41) is 3.55. The van der Waals surface area contributed by atoms with E-state index in [-0.39, 0.29) is 11.8 Å². The number of nitrogens with zero attached hydrogens (tertiary/aromatic N) is 1. The quantitative estimate of drug-likeness (QED) is 0.912. The number of nitrogens with one attached hydrogen (secondary N) is 1. The smallest absolute Gasteiger partial charge is 0.228 e. The summed E-state index contributed by atoms with van der Waals surface area (Å²) < 4.78 is 0. The molecule has 120 valence electrons. The molecule has 0 saturated carbocycles. The molecule has 23 heavy (non-hydrogen) atoms. The molecular weight excluding hydrogens is 308 g/mol. The molecule has 0 aromatic heterocycles. The van der Waals surface area contributed by atoms with Crippen LogP contribution in [-0.2, 0) is 11.3 Å². The zero-order valence-electron chi connectivity index (χ0n) is 13.0. The number of benzene rings is 2. The lowest BCUT2D eigenvalue weighted by Gasteiger charge is -2.32. The van der Waals surface area contributed by atoms with Crippen LogP contribution >= 0.6 is 11.6 Å². The van der Waals surface area contributed by atoms with Gasteiger partial charge < -0.3 is 5.32 Å². The van der Waals surface area contributed by atoms with Gasteiger partial charge in [0.25, 0.3) is 0 Å². The van der Waals surface area contributed by atoms with Crippen LogP contribution in [0, 0.1) is 5.92 Å². The van der Waals surface area contributed by atoms with Crippen molar-refractivity contribution in [3.63, 3.8) is 0 Å². The van der Waals surface area contributed by atoms with Crippen LogP contribution in [0.4, 0.5) is 5.69 Å². The summed E-state index contributed by atoms with van der Waals surface area (Å²) in [4.78, 5) is 14.9. The van der Waals surface area contributed by atoms with Crippen LogP contribution in [0.25, 0.3) is 0 Å². The molecular formula is C19H21ClN2O. The molecule has 1 saturated heterocycles. The van der Waals surface area contributed by atoms with Gasteiger partial charge in [-0.15, -0.1) is 0 Å². The van der Waals surface area contributed by atoms with Gasteiger partial charge in [-0.2, -0.15) is 0 Å². The zero-order chi connectivity index (χ0) is 16.1. The minimum Gasteiger partial charge on any atom is -0.324 e. The average Bonchev–Trinajstić information content (AvgIpc) is 2.58. The standard InChI is InChI=1S/C19H21ClN2O/c20-17-10-4-5-11-18(17)21-19(23)16-9-6-12-22(14-16)13-15-7-2-1-3-8-15/h1-5,7-8,10-11,16H,6,9,12-14H2,(H,21,23)/t16-/m0/s1. The Bertz CT molecular complexity index is 659. The molecule has 3 rings (SSSR count). The van der Waals surface area contributed by atoms with Gasteiger partial charge in [0.05, 0.1) is 16.6 Å². The van der Waals surface area contributed by atoms with E-state index in [1.165, 1.54) is 5.56 Å². The second-order valence-corrected chi connectivity index (χ2v) is 6.44. The fraction of sp³-hybridized carbons (Fsp3) is 0.316. The third-order valence-electron chi connectivity index (χ3n) is 4.26. The largest absolute Gasteiger partial charge is 0.324 e. The first-order chi connectivity index (χ1) is 11.2. The highest BCUT2D eigenvalue weighted by atomic mass is 35.5. The Hall–Kier alpha value is -1.84. The highest BCUT2D eigenvalue weighted by molar-refractivity contribution is 6.33. The summed E-state index contributed by atoms with van der Waals surface area (Å²) >= 11 is 6.12. The molecule has 1 heterocycles. The summed E-state index contributed by atoms with van der Waals surface area (Å²) in [7, 11) is 0. The zero-order valence-corrected chi connectivity index (χ0v) is 13.8. The Morgan fingerprint density at radius 1 is 1.13 bits per heavy atom. The first-order valence-corrected chi connectivity index (χ1v) is 8.42. The fourth-order valence-corrected chi connectivity index (χ4v) is 3.24. The molecule has 1 fully saturated rings. The molecule has 0 spiro atoms. The molecule has 0 bridgehead atoms. The predicted octanol–water partition coefficient (Wildman–Crippen LogP) is 4.19. The molecule has 2 aromatic rings. The van der Waals surface area contributed by atoms with Crippen LogP contribution in [0.15, 0.2) is 54.6 Å². The van der Waals surface area contributed by atoms with Crippen molar-refractivity contribution in [2.45, 2.75) is 19.4 Å². The van der Waals surface area contributed by atoms with Gasteiger partial charge in [-0.1, -0.05) is 54.1 Å². The summed E-state index contributed by atoms with van der Waals surface area (Å²) in [5.74, 6) is 0.0830. The van der Waals surface area contributed by atoms with Gasteiger partial charge in [-0.3, -0.25) is 9.69 Å². The summed E-state index contributed by atoms with van der Waals surface area (Å²) in [6, 6.07) is 17.8. The molecule has 4 heteroatoms. The van der Waals surface area contributed by atoms with E-state index >= 15 is 0 Å². The van der Waals surface area contributed by atoms with Gasteiger partial charge in [-0.25, -0.2) is 0 Å². The van der Waals surface area contributed by atoms with Crippen LogP contribution < -0.4 is 5.32 Å². The fourth-order valence-electron chi connectivity index (χ4n) is 3.05. The van der Waals surface area contributed by atoms with Gasteiger partial charge in [0.2, 0.25) is 5.91 Å². The molecule has 3 nitrogen and oxygen atoms in total. The van der Waals surface area contributed by atoms with Crippen molar-refractivity contribution in [3.8, 4) is 0 Å². The van der Waals surface area contributed by atoms with E-state index in [4.69, 9.17) is 11.6 Å². The van der Waals surface area contributed by atoms with Crippen molar-refractivity contribution in [3.05, 3.63) is 65.2 Å². The highest BCUT2D eigenvalue weighted by Crippen LogP contribution is 2.24. The maximum absolute atomic E-state index is 12.5. The van der Waals surface area contributed by atoms with Crippen LogP contribution in [0.2, 0.25) is 5.02 Å². The number of likely N-dealkylation sites (tertiary alicyclic amines) is 1.